The van der Waals surface area contributed by atoms with Crippen LogP contribution in [-0.2, 0) is 9.59 Å². The van der Waals surface area contributed by atoms with Gasteiger partial charge in [-0.1, -0.05) is 19.8 Å². The second-order valence-electron chi connectivity index (χ2n) is 4.69. The molecule has 3 N–H and O–H groups in total. The number of carbonyl (C=O) groups is 3. The van der Waals surface area contributed by atoms with Crippen molar-refractivity contribution in [2.45, 2.75) is 39.2 Å². The number of nitrogens with one attached hydrogen (secondary N) is 1. The highest BCUT2D eigenvalue weighted by Gasteiger charge is 2.18. The van der Waals surface area contributed by atoms with E-state index >= 15 is 0 Å². The summed E-state index contributed by atoms with van der Waals surface area (Å²) < 4.78 is 4.88. The lowest BCUT2D eigenvalue weighted by atomic mass is 10.1. The summed E-state index contributed by atoms with van der Waals surface area (Å²) in [6.07, 6.45) is 2.24. The Hall–Kier alpha value is -2.37. The van der Waals surface area contributed by atoms with Crippen LogP contribution >= 0.6 is 0 Å². The van der Waals surface area contributed by atoms with Crippen LogP contribution in [0.1, 0.15) is 43.5 Å². The zero-order chi connectivity index (χ0) is 15.8. The number of nitrogens with two attached hydrogens (primary N) is 1. The summed E-state index contributed by atoms with van der Waals surface area (Å²) in [6.45, 7) is 3.29. The normalized spacial score (nSPS) is 11.5. The Morgan fingerprint density at radius 1 is 1.24 bits per heavy atom. The van der Waals surface area contributed by atoms with Gasteiger partial charge in [0.1, 0.15) is 11.8 Å². The first-order chi connectivity index (χ1) is 9.93. The van der Waals surface area contributed by atoms with E-state index in [1.807, 2.05) is 6.92 Å². The number of hydrogen-bond acceptors (Lipinski definition) is 4. The average molecular weight is 292 g/mol. The second-order valence-corrected chi connectivity index (χ2v) is 4.69. The summed E-state index contributed by atoms with van der Waals surface area (Å²) in [4.78, 5) is 34.1. The van der Waals surface area contributed by atoms with Gasteiger partial charge >= 0.3 is 5.97 Å². The molecule has 0 saturated heterocycles. The number of primary amides is 1. The van der Waals surface area contributed by atoms with Crippen LogP contribution in [-0.4, -0.2) is 23.8 Å². The Morgan fingerprint density at radius 2 is 1.86 bits per heavy atom. The average Bonchev–Trinajstić information content (AvgIpc) is 2.43. The summed E-state index contributed by atoms with van der Waals surface area (Å²) >= 11 is 0. The fourth-order valence-electron chi connectivity index (χ4n) is 1.78. The van der Waals surface area contributed by atoms with Gasteiger partial charge in [-0.25, -0.2) is 0 Å². The molecule has 0 aromatic heterocycles. The maximum atomic E-state index is 12.0. The van der Waals surface area contributed by atoms with Crippen molar-refractivity contribution in [1.29, 1.82) is 0 Å². The smallest absolute Gasteiger partial charge is 0.308 e. The van der Waals surface area contributed by atoms with Crippen LogP contribution in [0.3, 0.4) is 0 Å². The number of esters is 1. The SMILES string of the molecule is CCCC[C@H](NC(=O)c1ccc(OC(C)=O)cc1)C(N)=O. The summed E-state index contributed by atoms with van der Waals surface area (Å²) in [5, 5.41) is 2.61. The zero-order valence-electron chi connectivity index (χ0n) is 12.2. The van der Waals surface area contributed by atoms with Crippen LogP contribution in [0.15, 0.2) is 24.3 Å². The van der Waals surface area contributed by atoms with Crippen molar-refractivity contribution in [3.8, 4) is 5.75 Å². The quantitative estimate of drug-likeness (QED) is 0.586. The first-order valence-corrected chi connectivity index (χ1v) is 6.82. The number of unbranched alkanes of at least 4 members (excludes halogenated alkanes) is 1. The molecule has 0 aliphatic heterocycles. The molecule has 21 heavy (non-hydrogen) atoms. The molecule has 114 valence electrons. The molecular weight excluding hydrogens is 272 g/mol. The van der Waals surface area contributed by atoms with E-state index in [2.05, 4.69) is 5.32 Å². The lowest BCUT2D eigenvalue weighted by Crippen LogP contribution is -2.44. The van der Waals surface area contributed by atoms with E-state index in [4.69, 9.17) is 10.5 Å². The predicted octanol–water partition coefficient (Wildman–Crippen LogP) is 1.39. The fraction of sp³-hybridized carbons (Fsp3) is 0.400. The summed E-state index contributed by atoms with van der Waals surface area (Å²) in [5.41, 5.74) is 5.64. The molecule has 0 heterocycles. The number of benzene rings is 1. The number of hydrogen-bond donors (Lipinski definition) is 2. The van der Waals surface area contributed by atoms with Crippen LogP contribution < -0.4 is 15.8 Å². The van der Waals surface area contributed by atoms with Crippen molar-refractivity contribution < 1.29 is 19.1 Å². The monoisotopic (exact) mass is 292 g/mol. The maximum Gasteiger partial charge on any atom is 0.308 e. The van der Waals surface area contributed by atoms with Crippen molar-refractivity contribution in [3.63, 3.8) is 0 Å². The van der Waals surface area contributed by atoms with E-state index in [1.165, 1.54) is 31.2 Å². The Bertz CT molecular complexity index is 511. The minimum absolute atomic E-state index is 0.358. The van der Waals surface area contributed by atoms with Gasteiger partial charge in [0, 0.05) is 12.5 Å². The summed E-state index contributed by atoms with van der Waals surface area (Å²) in [6, 6.07) is 5.39. The molecule has 6 nitrogen and oxygen atoms in total. The minimum atomic E-state index is -0.675. The molecule has 1 rings (SSSR count). The Morgan fingerprint density at radius 3 is 2.33 bits per heavy atom. The van der Waals surface area contributed by atoms with Crippen LogP contribution in [0, 0.1) is 0 Å². The molecule has 0 aliphatic rings. The van der Waals surface area contributed by atoms with E-state index in [0.717, 1.165) is 12.8 Å². The number of amides is 2. The van der Waals surface area contributed by atoms with E-state index < -0.39 is 17.9 Å². The number of carbonyl (C=O) groups excluding carboxylic acids is 3. The van der Waals surface area contributed by atoms with Crippen molar-refractivity contribution in [3.05, 3.63) is 29.8 Å². The van der Waals surface area contributed by atoms with Gasteiger partial charge in [0.15, 0.2) is 0 Å². The lowest BCUT2D eigenvalue weighted by molar-refractivity contribution is -0.131. The maximum absolute atomic E-state index is 12.0. The Kier molecular flexibility index (Phi) is 6.39. The van der Waals surface area contributed by atoms with E-state index in [1.54, 1.807) is 0 Å². The highest BCUT2D eigenvalue weighted by molar-refractivity contribution is 5.97. The van der Waals surface area contributed by atoms with Crippen molar-refractivity contribution in [2.75, 3.05) is 0 Å². The highest BCUT2D eigenvalue weighted by atomic mass is 16.5. The number of rotatable bonds is 7. The molecule has 1 atom stereocenters. The van der Waals surface area contributed by atoms with Gasteiger partial charge < -0.3 is 15.8 Å². The predicted molar refractivity (Wildman–Crippen MR) is 77.7 cm³/mol. The molecule has 0 fully saturated rings. The fourth-order valence-corrected chi connectivity index (χ4v) is 1.78. The third-order valence-corrected chi connectivity index (χ3v) is 2.87. The first kappa shape index (κ1) is 16.7. The second kappa shape index (κ2) is 8.04. The van der Waals surface area contributed by atoms with Crippen molar-refractivity contribution >= 4 is 17.8 Å². The standard InChI is InChI=1S/C15H20N2O4/c1-3-4-5-13(14(16)19)17-15(20)11-6-8-12(9-7-11)21-10(2)18/h6-9,13H,3-5H2,1-2H3,(H2,16,19)(H,17,20)/t13-/m0/s1. The van der Waals surface area contributed by atoms with E-state index in [0.29, 0.717) is 17.7 Å². The van der Waals surface area contributed by atoms with E-state index in [-0.39, 0.29) is 5.91 Å². The molecule has 6 heteroatoms. The molecular formula is C15H20N2O4. The van der Waals surface area contributed by atoms with Crippen LogP contribution in [0.4, 0.5) is 0 Å². The van der Waals surface area contributed by atoms with Gasteiger partial charge in [-0.05, 0) is 30.7 Å². The molecule has 0 aliphatic carbocycles. The van der Waals surface area contributed by atoms with Crippen LogP contribution in [0.2, 0.25) is 0 Å². The van der Waals surface area contributed by atoms with Crippen LogP contribution in [0.25, 0.3) is 0 Å². The van der Waals surface area contributed by atoms with Gasteiger partial charge in [0.25, 0.3) is 5.91 Å². The topological polar surface area (TPSA) is 98.5 Å². The highest BCUT2D eigenvalue weighted by Crippen LogP contribution is 2.12. The van der Waals surface area contributed by atoms with Gasteiger partial charge in [-0.3, -0.25) is 14.4 Å². The Balaban J connectivity index is 2.69. The third-order valence-electron chi connectivity index (χ3n) is 2.87. The minimum Gasteiger partial charge on any atom is -0.427 e. The Labute approximate surface area is 123 Å². The molecule has 0 saturated carbocycles. The van der Waals surface area contributed by atoms with Crippen LogP contribution in [0.5, 0.6) is 5.75 Å². The molecule has 0 spiro atoms. The molecule has 0 unspecified atom stereocenters. The van der Waals surface area contributed by atoms with Gasteiger partial charge in [-0.15, -0.1) is 0 Å². The van der Waals surface area contributed by atoms with Gasteiger partial charge in [0.05, 0.1) is 0 Å². The van der Waals surface area contributed by atoms with Gasteiger partial charge in [0.2, 0.25) is 5.91 Å². The molecule has 0 bridgehead atoms. The van der Waals surface area contributed by atoms with Crippen molar-refractivity contribution in [2.24, 2.45) is 5.73 Å². The summed E-state index contributed by atoms with van der Waals surface area (Å²) in [5.74, 6) is -1.00. The zero-order valence-corrected chi connectivity index (χ0v) is 12.2. The molecule has 2 amide bonds. The van der Waals surface area contributed by atoms with E-state index in [9.17, 15) is 14.4 Å². The molecule has 1 aromatic rings. The van der Waals surface area contributed by atoms with Crippen molar-refractivity contribution in [1.82, 2.24) is 5.32 Å². The first-order valence-electron chi connectivity index (χ1n) is 6.82. The van der Waals surface area contributed by atoms with Gasteiger partial charge in [-0.2, -0.15) is 0 Å². The summed E-state index contributed by atoms with van der Waals surface area (Å²) in [7, 11) is 0. The third kappa shape index (κ3) is 5.64. The largest absolute Gasteiger partial charge is 0.427 e. The lowest BCUT2D eigenvalue weighted by Gasteiger charge is -2.15. The molecule has 0 radical (unpaired) electrons. The number of ether oxygens (including phenoxy) is 1. The molecule has 1 aromatic carbocycles.